The molecular formula is H4O4PRb. The Kier molecular flexibility index (Phi) is 6.96. The average Bonchev–Trinajstić information content (AvgIpc) is 0.722. The van der Waals surface area contributed by atoms with Crippen LogP contribution in [0.4, 0.5) is 0 Å². The molecule has 0 rings (SSSR count). The van der Waals surface area contributed by atoms with E-state index in [0.717, 1.165) is 0 Å². The first kappa shape index (κ1) is 10.8. The van der Waals surface area contributed by atoms with Crippen molar-refractivity contribution in [3.8, 4) is 0 Å². The van der Waals surface area contributed by atoms with E-state index in [0.29, 0.717) is 0 Å². The summed E-state index contributed by atoms with van der Waals surface area (Å²) in [4.78, 5) is 21.6. The van der Waals surface area contributed by atoms with Crippen molar-refractivity contribution in [1.82, 2.24) is 0 Å². The Hall–Kier alpha value is 1.92. The second-order valence-corrected chi connectivity index (χ2v) is 1.54. The largest absolute Gasteiger partial charge is 1.00 e. The Morgan fingerprint density at radius 2 is 1.33 bits per heavy atom. The van der Waals surface area contributed by atoms with Crippen LogP contribution < -0.4 is 58.2 Å². The van der Waals surface area contributed by atoms with Gasteiger partial charge >= 0.3 is 66.0 Å². The summed E-state index contributed by atoms with van der Waals surface area (Å²) >= 11 is 0. The van der Waals surface area contributed by atoms with Gasteiger partial charge in [0.15, 0.2) is 0 Å². The molecule has 6 heavy (non-hydrogen) atoms. The Bertz CT molecular complexity index is 57.8. The molecule has 0 bridgehead atoms. The minimum Gasteiger partial charge on any atom is -1.00 e. The summed E-state index contributed by atoms with van der Waals surface area (Å²) in [6.45, 7) is 0. The number of hydrogen-bond donors (Lipinski definition) is 3. The van der Waals surface area contributed by atoms with Gasteiger partial charge in [-0.3, -0.25) is 0 Å². The van der Waals surface area contributed by atoms with Gasteiger partial charge in [0.25, 0.3) is 0 Å². The van der Waals surface area contributed by atoms with Crippen LogP contribution in [0, 0.1) is 0 Å². The van der Waals surface area contributed by atoms with Crippen molar-refractivity contribution >= 4 is 7.82 Å². The molecule has 0 aromatic carbocycles. The monoisotopic (exact) mass is 184 g/mol. The Morgan fingerprint density at radius 1 is 1.33 bits per heavy atom. The third-order valence-corrected chi connectivity index (χ3v) is 0. The number of phosphoric acid groups is 1. The van der Waals surface area contributed by atoms with Crippen molar-refractivity contribution in [2.75, 3.05) is 0 Å². The van der Waals surface area contributed by atoms with Gasteiger partial charge in [-0.2, -0.15) is 0 Å². The quantitative estimate of drug-likeness (QED) is 0.337. The molecule has 3 N–H and O–H groups in total. The summed E-state index contributed by atoms with van der Waals surface area (Å²) in [6, 6.07) is 0. The van der Waals surface area contributed by atoms with Crippen molar-refractivity contribution < 1.29 is 78.9 Å². The molecule has 0 aromatic heterocycles. The van der Waals surface area contributed by atoms with Gasteiger partial charge < -0.3 is 16.1 Å². The van der Waals surface area contributed by atoms with Crippen LogP contribution in [-0.4, -0.2) is 14.7 Å². The average molecular weight is 184 g/mol. The van der Waals surface area contributed by atoms with E-state index >= 15 is 0 Å². The van der Waals surface area contributed by atoms with Gasteiger partial charge in [0.2, 0.25) is 0 Å². The maximum absolute atomic E-state index is 8.88. The summed E-state index contributed by atoms with van der Waals surface area (Å²) in [5.74, 6) is 0. The van der Waals surface area contributed by atoms with Gasteiger partial charge in [-0.1, -0.05) is 0 Å². The zero-order valence-corrected chi connectivity index (χ0v) is 9.01. The van der Waals surface area contributed by atoms with Gasteiger partial charge in [-0.25, -0.2) is 4.57 Å². The molecule has 0 spiro atoms. The standard InChI is InChI=1S/H3O4P.Rb.H/c1-5(2,3)4;;/h(H3,1,2,3,4);;/q;+1;-1. The molecule has 0 radical (unpaired) electrons. The summed E-state index contributed by atoms with van der Waals surface area (Å²) in [5.41, 5.74) is 0. The van der Waals surface area contributed by atoms with E-state index in [1.54, 1.807) is 0 Å². The predicted octanol–water partition coefficient (Wildman–Crippen LogP) is -3.81. The molecule has 6 heteroatoms. The second-order valence-electron chi connectivity index (χ2n) is 0.513. The molecule has 4 nitrogen and oxygen atoms in total. The number of hydrogen-bond acceptors (Lipinski definition) is 1. The maximum Gasteiger partial charge on any atom is 1.00 e. The van der Waals surface area contributed by atoms with Crippen molar-refractivity contribution in [3.05, 3.63) is 0 Å². The molecule has 0 heterocycles. The zero-order valence-electron chi connectivity index (χ0n) is 4.20. The van der Waals surface area contributed by atoms with Crippen LogP contribution in [0.2, 0.25) is 0 Å². The molecule has 0 aliphatic heterocycles. The molecule has 0 aromatic rings. The smallest absolute Gasteiger partial charge is 1.00 e. The van der Waals surface area contributed by atoms with Crippen molar-refractivity contribution in [2.24, 2.45) is 0 Å². The minimum absolute atomic E-state index is 0. The zero-order chi connectivity index (χ0) is 4.50. The van der Waals surface area contributed by atoms with Crippen LogP contribution >= 0.6 is 7.82 Å². The fraction of sp³-hybridized carbons (Fsp3) is 0. The van der Waals surface area contributed by atoms with E-state index in [1.165, 1.54) is 0 Å². The molecule has 0 saturated heterocycles. The van der Waals surface area contributed by atoms with Crippen LogP contribution in [0.15, 0.2) is 0 Å². The minimum atomic E-state index is -4.64. The van der Waals surface area contributed by atoms with Crippen molar-refractivity contribution in [2.45, 2.75) is 0 Å². The third-order valence-electron chi connectivity index (χ3n) is 0. The normalized spacial score (nSPS) is 9.83. The predicted molar refractivity (Wildman–Crippen MR) is 15.4 cm³/mol. The van der Waals surface area contributed by atoms with Crippen LogP contribution in [0.25, 0.3) is 0 Å². The molecule has 0 amide bonds. The number of rotatable bonds is 0. The van der Waals surface area contributed by atoms with E-state index in [9.17, 15) is 0 Å². The Morgan fingerprint density at radius 3 is 1.33 bits per heavy atom. The van der Waals surface area contributed by atoms with E-state index < -0.39 is 7.82 Å². The molecule has 0 aliphatic rings. The molecular weight excluding hydrogens is 180 g/mol. The van der Waals surface area contributed by atoms with Gasteiger partial charge in [0.05, 0.1) is 0 Å². The first-order chi connectivity index (χ1) is 2.00. The Labute approximate surface area is 85.1 Å². The second kappa shape index (κ2) is 3.86. The van der Waals surface area contributed by atoms with E-state index in [1.807, 2.05) is 0 Å². The molecule has 0 aliphatic carbocycles. The molecule has 0 saturated carbocycles. The van der Waals surface area contributed by atoms with E-state index in [-0.39, 0.29) is 59.6 Å². The topological polar surface area (TPSA) is 77.8 Å². The Balaban J connectivity index is -0.0000000800. The first-order valence-electron chi connectivity index (χ1n) is 0.783. The van der Waals surface area contributed by atoms with Crippen LogP contribution in [-0.2, 0) is 4.57 Å². The maximum atomic E-state index is 8.88. The SMILES string of the molecule is O=P(O)(O)O.[H-].[Rb+]. The van der Waals surface area contributed by atoms with E-state index in [4.69, 9.17) is 19.2 Å². The first-order valence-corrected chi connectivity index (χ1v) is 2.35. The summed E-state index contributed by atoms with van der Waals surface area (Å²) in [5, 5.41) is 0. The summed E-state index contributed by atoms with van der Waals surface area (Å²) in [6.07, 6.45) is 0. The van der Waals surface area contributed by atoms with Crippen LogP contribution in [0.3, 0.4) is 0 Å². The van der Waals surface area contributed by atoms with Gasteiger partial charge in [0, 0.05) is 0 Å². The summed E-state index contributed by atoms with van der Waals surface area (Å²) < 4.78 is 8.88. The fourth-order valence-electron chi connectivity index (χ4n) is 0. The molecule has 0 unspecified atom stereocenters. The van der Waals surface area contributed by atoms with Gasteiger partial charge in [0.1, 0.15) is 0 Å². The summed E-state index contributed by atoms with van der Waals surface area (Å²) in [7, 11) is -4.64. The third kappa shape index (κ3) is 39.0. The van der Waals surface area contributed by atoms with Crippen LogP contribution in [0.1, 0.15) is 1.43 Å². The van der Waals surface area contributed by atoms with Crippen LogP contribution in [0.5, 0.6) is 0 Å². The fourth-order valence-corrected chi connectivity index (χ4v) is 0. The van der Waals surface area contributed by atoms with Crippen molar-refractivity contribution in [1.29, 1.82) is 0 Å². The van der Waals surface area contributed by atoms with Gasteiger partial charge in [-0.05, 0) is 0 Å². The van der Waals surface area contributed by atoms with E-state index in [2.05, 4.69) is 0 Å². The molecule has 0 atom stereocenters. The van der Waals surface area contributed by atoms with Crippen molar-refractivity contribution in [3.63, 3.8) is 0 Å². The van der Waals surface area contributed by atoms with Gasteiger partial charge in [-0.15, -0.1) is 0 Å². The molecule has 0 fully saturated rings. The molecule has 34 valence electrons.